The normalized spacial score (nSPS) is 10.4. The number of anilines is 2. The van der Waals surface area contributed by atoms with Gasteiger partial charge in [-0.1, -0.05) is 12.1 Å². The predicted molar refractivity (Wildman–Crippen MR) is 88.8 cm³/mol. The van der Waals surface area contributed by atoms with E-state index in [1.165, 1.54) is 17.7 Å². The van der Waals surface area contributed by atoms with E-state index in [2.05, 4.69) is 15.4 Å². The molecule has 0 heterocycles. The van der Waals surface area contributed by atoms with Gasteiger partial charge in [-0.15, -0.1) is 0 Å². The second kappa shape index (κ2) is 7.17. The Morgan fingerprint density at radius 1 is 1.05 bits per heavy atom. The van der Waals surface area contributed by atoms with Gasteiger partial charge in [0.1, 0.15) is 5.75 Å². The third-order valence-corrected chi connectivity index (χ3v) is 3.39. The minimum atomic E-state index is -2.83. The highest BCUT2D eigenvalue weighted by Crippen LogP contribution is 2.20. The lowest BCUT2D eigenvalue weighted by atomic mass is 10.1. The van der Waals surface area contributed by atoms with E-state index in [0.29, 0.717) is 10.8 Å². The molecule has 0 atom stereocenters. The second-order valence-electron chi connectivity index (χ2n) is 4.73. The molecular formula is C16H16F2N2OS. The summed E-state index contributed by atoms with van der Waals surface area (Å²) in [5, 5.41) is 6.54. The van der Waals surface area contributed by atoms with Crippen LogP contribution in [0.3, 0.4) is 0 Å². The summed E-state index contributed by atoms with van der Waals surface area (Å²) in [7, 11) is 0. The Morgan fingerprint density at radius 2 is 1.73 bits per heavy atom. The average Bonchev–Trinajstić information content (AvgIpc) is 2.45. The molecule has 0 saturated heterocycles. The number of rotatable bonds is 4. The first kappa shape index (κ1) is 16.2. The summed E-state index contributed by atoms with van der Waals surface area (Å²) in [6, 6.07) is 12.1. The lowest BCUT2D eigenvalue weighted by Crippen LogP contribution is -2.19. The lowest BCUT2D eigenvalue weighted by molar-refractivity contribution is -0.0498. The van der Waals surface area contributed by atoms with E-state index < -0.39 is 6.61 Å². The molecule has 3 nitrogen and oxygen atoms in total. The number of hydrogen-bond acceptors (Lipinski definition) is 2. The Balaban J connectivity index is 1.98. The molecule has 2 aromatic rings. The summed E-state index contributed by atoms with van der Waals surface area (Å²) in [4.78, 5) is 0. The Bertz CT molecular complexity index is 660. The fraction of sp³-hybridized carbons (Fsp3) is 0.188. The molecule has 0 radical (unpaired) electrons. The highest BCUT2D eigenvalue weighted by molar-refractivity contribution is 7.80. The van der Waals surface area contributed by atoms with Crippen molar-refractivity contribution in [3.63, 3.8) is 0 Å². The number of benzene rings is 2. The van der Waals surface area contributed by atoms with Crippen LogP contribution in [0.5, 0.6) is 5.75 Å². The van der Waals surface area contributed by atoms with Gasteiger partial charge in [-0.2, -0.15) is 8.78 Å². The van der Waals surface area contributed by atoms with Gasteiger partial charge >= 0.3 is 6.61 Å². The number of aryl methyl sites for hydroxylation is 1. The number of alkyl halides is 2. The maximum atomic E-state index is 12.1. The van der Waals surface area contributed by atoms with Gasteiger partial charge in [0, 0.05) is 11.4 Å². The molecule has 2 rings (SSSR count). The molecule has 0 saturated carbocycles. The first-order valence-electron chi connectivity index (χ1n) is 6.65. The number of halogens is 2. The first-order valence-corrected chi connectivity index (χ1v) is 7.05. The van der Waals surface area contributed by atoms with Crippen molar-refractivity contribution in [1.82, 2.24) is 0 Å². The Morgan fingerprint density at radius 3 is 2.36 bits per heavy atom. The molecule has 0 aromatic heterocycles. The van der Waals surface area contributed by atoms with Gasteiger partial charge in [-0.3, -0.25) is 0 Å². The van der Waals surface area contributed by atoms with Crippen molar-refractivity contribution in [2.24, 2.45) is 0 Å². The highest BCUT2D eigenvalue weighted by atomic mass is 32.1. The van der Waals surface area contributed by atoms with Crippen molar-refractivity contribution >= 4 is 28.7 Å². The van der Waals surface area contributed by atoms with E-state index in [1.54, 1.807) is 12.1 Å². The topological polar surface area (TPSA) is 33.3 Å². The van der Waals surface area contributed by atoms with Gasteiger partial charge < -0.3 is 15.4 Å². The van der Waals surface area contributed by atoms with Crippen molar-refractivity contribution in [3.8, 4) is 5.75 Å². The van der Waals surface area contributed by atoms with E-state index in [4.69, 9.17) is 12.2 Å². The predicted octanol–water partition coefficient (Wildman–Crippen LogP) is 4.71. The molecule has 2 aromatic carbocycles. The van der Waals surface area contributed by atoms with E-state index in [1.807, 2.05) is 32.0 Å². The molecule has 0 bridgehead atoms. The molecule has 22 heavy (non-hydrogen) atoms. The monoisotopic (exact) mass is 322 g/mol. The lowest BCUT2D eigenvalue weighted by Gasteiger charge is -2.14. The van der Waals surface area contributed by atoms with Gasteiger partial charge in [0.25, 0.3) is 0 Å². The third kappa shape index (κ3) is 4.39. The molecule has 0 aliphatic rings. The van der Waals surface area contributed by atoms with Gasteiger partial charge in [0.15, 0.2) is 5.11 Å². The number of thiocarbonyl (C=S) groups is 1. The smallest absolute Gasteiger partial charge is 0.387 e. The van der Waals surface area contributed by atoms with Crippen molar-refractivity contribution < 1.29 is 13.5 Å². The van der Waals surface area contributed by atoms with Gasteiger partial charge in [-0.25, -0.2) is 0 Å². The molecular weight excluding hydrogens is 306 g/mol. The van der Waals surface area contributed by atoms with Crippen LogP contribution in [0.4, 0.5) is 20.2 Å². The molecule has 6 heteroatoms. The van der Waals surface area contributed by atoms with E-state index in [0.717, 1.165) is 11.3 Å². The largest absolute Gasteiger partial charge is 0.435 e. The van der Waals surface area contributed by atoms with Crippen LogP contribution in [0, 0.1) is 13.8 Å². The zero-order valence-corrected chi connectivity index (χ0v) is 13.0. The van der Waals surface area contributed by atoms with Crippen LogP contribution < -0.4 is 15.4 Å². The quantitative estimate of drug-likeness (QED) is 0.799. The van der Waals surface area contributed by atoms with Crippen LogP contribution in [-0.2, 0) is 0 Å². The van der Waals surface area contributed by atoms with Crippen LogP contribution in [-0.4, -0.2) is 11.7 Å². The summed E-state index contributed by atoms with van der Waals surface area (Å²) >= 11 is 5.25. The Labute approximate surface area is 133 Å². The van der Waals surface area contributed by atoms with E-state index in [-0.39, 0.29) is 5.75 Å². The van der Waals surface area contributed by atoms with E-state index in [9.17, 15) is 8.78 Å². The number of ether oxygens (including phenoxy) is 1. The van der Waals surface area contributed by atoms with E-state index >= 15 is 0 Å². The van der Waals surface area contributed by atoms with Gasteiger partial charge in [-0.05, 0) is 67.5 Å². The highest BCUT2D eigenvalue weighted by Gasteiger charge is 2.05. The van der Waals surface area contributed by atoms with Gasteiger partial charge in [0.2, 0.25) is 0 Å². The summed E-state index contributed by atoms with van der Waals surface area (Å²) in [6.45, 7) is 1.21. The summed E-state index contributed by atoms with van der Waals surface area (Å²) < 4.78 is 28.4. The zero-order chi connectivity index (χ0) is 16.1. The van der Waals surface area contributed by atoms with Crippen LogP contribution in [0.25, 0.3) is 0 Å². The maximum absolute atomic E-state index is 12.1. The molecule has 0 unspecified atom stereocenters. The maximum Gasteiger partial charge on any atom is 0.387 e. The first-order chi connectivity index (χ1) is 10.5. The van der Waals surface area contributed by atoms with Crippen LogP contribution in [0.15, 0.2) is 42.5 Å². The Hall–Kier alpha value is -2.21. The fourth-order valence-electron chi connectivity index (χ4n) is 1.89. The van der Waals surface area contributed by atoms with Crippen molar-refractivity contribution in [2.75, 3.05) is 10.6 Å². The minimum Gasteiger partial charge on any atom is -0.435 e. The van der Waals surface area contributed by atoms with Crippen molar-refractivity contribution in [3.05, 3.63) is 53.6 Å². The Kier molecular flexibility index (Phi) is 5.27. The SMILES string of the molecule is Cc1cccc(NC(=S)Nc2ccc(OC(F)F)cc2)c1C. The molecule has 0 spiro atoms. The molecule has 116 valence electrons. The second-order valence-corrected chi connectivity index (χ2v) is 5.14. The minimum absolute atomic E-state index is 0.106. The summed E-state index contributed by atoms with van der Waals surface area (Å²) in [5.74, 6) is 0.106. The number of nitrogens with one attached hydrogen (secondary N) is 2. The summed E-state index contributed by atoms with van der Waals surface area (Å²) in [6.07, 6.45) is 0. The fourth-order valence-corrected chi connectivity index (χ4v) is 2.12. The van der Waals surface area contributed by atoms with Crippen LogP contribution in [0.1, 0.15) is 11.1 Å². The molecule has 0 amide bonds. The van der Waals surface area contributed by atoms with Crippen LogP contribution >= 0.6 is 12.2 Å². The molecule has 2 N–H and O–H groups in total. The van der Waals surface area contributed by atoms with Crippen LogP contribution in [0.2, 0.25) is 0 Å². The zero-order valence-electron chi connectivity index (χ0n) is 12.2. The average molecular weight is 322 g/mol. The summed E-state index contributed by atoms with van der Waals surface area (Å²) in [5.41, 5.74) is 3.90. The van der Waals surface area contributed by atoms with Crippen molar-refractivity contribution in [2.45, 2.75) is 20.5 Å². The van der Waals surface area contributed by atoms with Gasteiger partial charge in [0.05, 0.1) is 0 Å². The molecule has 0 aliphatic heterocycles. The molecule has 0 aliphatic carbocycles. The third-order valence-electron chi connectivity index (χ3n) is 3.19. The van der Waals surface area contributed by atoms with Crippen molar-refractivity contribution in [1.29, 1.82) is 0 Å². The molecule has 0 fully saturated rings. The number of hydrogen-bond donors (Lipinski definition) is 2. The standard InChI is InChI=1S/C16H16F2N2OS/c1-10-4-3-5-14(11(10)2)20-16(22)19-12-6-8-13(9-7-12)21-15(17)18/h3-9,15H,1-2H3,(H2,19,20,22).